The molecule has 142 valence electrons. The number of carbonyl (C=O) groups is 1. The first kappa shape index (κ1) is 18.0. The van der Waals surface area contributed by atoms with Crippen LogP contribution in [0.15, 0.2) is 69.8 Å². The number of carbonyl (C=O) groups excluding carboxylic acids is 1. The molecule has 6 heteroatoms. The molecule has 0 fully saturated rings. The first-order valence-electron chi connectivity index (χ1n) is 9.02. The lowest BCUT2D eigenvalue weighted by Gasteiger charge is -2.20. The minimum absolute atomic E-state index is 0.216. The average Bonchev–Trinajstić information content (AvgIpc) is 3.33. The van der Waals surface area contributed by atoms with E-state index in [0.29, 0.717) is 41.8 Å². The van der Waals surface area contributed by atoms with Crippen LogP contribution >= 0.6 is 0 Å². The molecule has 0 saturated heterocycles. The number of nitrogens with zero attached hydrogens (tertiary/aromatic N) is 2. The third kappa shape index (κ3) is 3.67. The summed E-state index contributed by atoms with van der Waals surface area (Å²) in [4.78, 5) is 19.2. The van der Waals surface area contributed by atoms with Gasteiger partial charge in [-0.05, 0) is 49.4 Å². The fourth-order valence-corrected chi connectivity index (χ4v) is 3.18. The lowest BCUT2D eigenvalue weighted by molar-refractivity contribution is 0.0702. The Balaban J connectivity index is 1.63. The Labute approximate surface area is 161 Å². The monoisotopic (exact) mass is 378 g/mol. The molecule has 0 aliphatic rings. The fourth-order valence-electron chi connectivity index (χ4n) is 3.18. The minimum atomic E-state index is -0.363. The molecule has 0 spiro atoms. The lowest BCUT2D eigenvalue weighted by Crippen LogP contribution is -2.32. The second-order valence-corrected chi connectivity index (χ2v) is 6.57. The van der Waals surface area contributed by atoms with E-state index < -0.39 is 0 Å². The molecule has 0 unspecified atom stereocenters. The van der Waals surface area contributed by atoms with Crippen molar-refractivity contribution in [2.24, 2.45) is 0 Å². The summed E-state index contributed by atoms with van der Waals surface area (Å²) in [6.07, 6.45) is 3.90. The zero-order valence-corrected chi connectivity index (χ0v) is 15.4. The molecular formula is C22H19FN2O3. The van der Waals surface area contributed by atoms with E-state index >= 15 is 0 Å². The van der Waals surface area contributed by atoms with Crippen LogP contribution in [-0.4, -0.2) is 22.3 Å². The Morgan fingerprint density at radius 2 is 2.07 bits per heavy atom. The van der Waals surface area contributed by atoms with Gasteiger partial charge in [0, 0.05) is 35.8 Å². The Morgan fingerprint density at radius 3 is 2.82 bits per heavy atom. The molecule has 28 heavy (non-hydrogen) atoms. The largest absolute Gasteiger partial charge is 0.467 e. The lowest BCUT2D eigenvalue weighted by atomic mass is 10.1. The SMILES string of the molecule is Cc1c(C(=O)N(CCc2ccccn2)Cc2ccco2)oc2ccc(F)cc12. The number of amides is 1. The second kappa shape index (κ2) is 7.68. The molecule has 3 aromatic heterocycles. The molecule has 1 aromatic carbocycles. The highest BCUT2D eigenvalue weighted by Gasteiger charge is 2.24. The summed E-state index contributed by atoms with van der Waals surface area (Å²) >= 11 is 0. The zero-order valence-electron chi connectivity index (χ0n) is 15.4. The first-order valence-corrected chi connectivity index (χ1v) is 9.02. The van der Waals surface area contributed by atoms with E-state index in [1.165, 1.54) is 12.1 Å². The molecule has 4 aromatic rings. The van der Waals surface area contributed by atoms with Gasteiger partial charge in [0.15, 0.2) is 5.76 Å². The van der Waals surface area contributed by atoms with E-state index in [1.54, 1.807) is 36.4 Å². The second-order valence-electron chi connectivity index (χ2n) is 6.57. The van der Waals surface area contributed by atoms with Gasteiger partial charge in [0.25, 0.3) is 5.91 Å². The van der Waals surface area contributed by atoms with E-state index in [9.17, 15) is 9.18 Å². The quantitative estimate of drug-likeness (QED) is 0.486. The predicted octanol–water partition coefficient (Wildman–Crippen LogP) is 4.75. The number of pyridine rings is 1. The van der Waals surface area contributed by atoms with Crippen molar-refractivity contribution in [2.75, 3.05) is 6.54 Å². The van der Waals surface area contributed by atoms with Crippen molar-refractivity contribution in [3.8, 4) is 0 Å². The standard InChI is InChI=1S/C22H19FN2O3/c1-15-19-13-16(23)7-8-20(19)28-21(15)22(26)25(14-18-6-4-12-27-18)11-9-17-5-2-3-10-24-17/h2-8,10,12-13H,9,11,14H2,1H3. The molecule has 0 radical (unpaired) electrons. The van der Waals surface area contributed by atoms with Crippen LogP contribution < -0.4 is 0 Å². The molecule has 0 atom stereocenters. The molecule has 0 N–H and O–H groups in total. The number of furan rings is 2. The number of benzene rings is 1. The number of rotatable bonds is 6. The summed E-state index contributed by atoms with van der Waals surface area (Å²) in [6.45, 7) is 2.52. The summed E-state index contributed by atoms with van der Waals surface area (Å²) in [7, 11) is 0. The van der Waals surface area contributed by atoms with Crippen LogP contribution in [0.1, 0.15) is 27.6 Å². The van der Waals surface area contributed by atoms with Crippen molar-refractivity contribution in [3.63, 3.8) is 0 Å². The minimum Gasteiger partial charge on any atom is -0.467 e. The molecule has 3 heterocycles. The third-order valence-corrected chi connectivity index (χ3v) is 4.67. The smallest absolute Gasteiger partial charge is 0.290 e. The summed E-state index contributed by atoms with van der Waals surface area (Å²) in [6, 6.07) is 13.5. The van der Waals surface area contributed by atoms with E-state index in [-0.39, 0.29) is 17.5 Å². The van der Waals surface area contributed by atoms with Gasteiger partial charge in [0.05, 0.1) is 12.8 Å². The number of hydrogen-bond donors (Lipinski definition) is 0. The molecule has 4 rings (SSSR count). The Bertz CT molecular complexity index is 1090. The number of halogens is 1. The highest BCUT2D eigenvalue weighted by atomic mass is 19.1. The average molecular weight is 378 g/mol. The molecule has 5 nitrogen and oxygen atoms in total. The van der Waals surface area contributed by atoms with Gasteiger partial charge in [-0.15, -0.1) is 0 Å². The van der Waals surface area contributed by atoms with Crippen LogP contribution in [0.25, 0.3) is 11.0 Å². The predicted molar refractivity (Wildman–Crippen MR) is 102 cm³/mol. The maximum Gasteiger partial charge on any atom is 0.290 e. The van der Waals surface area contributed by atoms with Crippen LogP contribution in [0.2, 0.25) is 0 Å². The topological polar surface area (TPSA) is 59.5 Å². The van der Waals surface area contributed by atoms with E-state index in [4.69, 9.17) is 8.83 Å². The number of aryl methyl sites for hydroxylation is 1. The summed E-state index contributed by atoms with van der Waals surface area (Å²) in [5, 5.41) is 0.603. The third-order valence-electron chi connectivity index (χ3n) is 4.67. The maximum absolute atomic E-state index is 13.6. The maximum atomic E-state index is 13.6. The van der Waals surface area contributed by atoms with Crippen LogP contribution in [0.5, 0.6) is 0 Å². The van der Waals surface area contributed by atoms with Crippen LogP contribution in [0, 0.1) is 12.7 Å². The summed E-state index contributed by atoms with van der Waals surface area (Å²) in [5.41, 5.74) is 2.01. The normalized spacial score (nSPS) is 11.1. The van der Waals surface area contributed by atoms with Crippen LogP contribution in [0.3, 0.4) is 0 Å². The first-order chi connectivity index (χ1) is 13.6. The fraction of sp³-hybridized carbons (Fsp3) is 0.182. The van der Waals surface area contributed by atoms with Gasteiger partial charge in [-0.1, -0.05) is 6.07 Å². The molecule has 0 bridgehead atoms. The van der Waals surface area contributed by atoms with Gasteiger partial charge in [-0.25, -0.2) is 4.39 Å². The van der Waals surface area contributed by atoms with Gasteiger partial charge < -0.3 is 13.7 Å². The van der Waals surface area contributed by atoms with Gasteiger partial charge in [-0.3, -0.25) is 9.78 Å². The Kier molecular flexibility index (Phi) is 4.93. The Morgan fingerprint density at radius 1 is 1.18 bits per heavy atom. The van der Waals surface area contributed by atoms with Crippen LogP contribution in [-0.2, 0) is 13.0 Å². The molecule has 1 amide bonds. The molecule has 0 aliphatic heterocycles. The van der Waals surface area contributed by atoms with E-state index in [1.807, 2.05) is 24.3 Å². The van der Waals surface area contributed by atoms with Crippen molar-refractivity contribution in [2.45, 2.75) is 19.9 Å². The number of fused-ring (bicyclic) bond motifs is 1. The van der Waals surface area contributed by atoms with Crippen molar-refractivity contribution >= 4 is 16.9 Å². The Hall–Kier alpha value is -3.41. The van der Waals surface area contributed by atoms with Gasteiger partial charge in [0.1, 0.15) is 17.2 Å². The highest BCUT2D eigenvalue weighted by Crippen LogP contribution is 2.27. The number of hydrogen-bond acceptors (Lipinski definition) is 4. The van der Waals surface area contributed by atoms with Gasteiger partial charge in [0.2, 0.25) is 0 Å². The van der Waals surface area contributed by atoms with Crippen molar-refractivity contribution < 1.29 is 18.0 Å². The summed E-state index contributed by atoms with van der Waals surface area (Å²) in [5.74, 6) is 0.266. The van der Waals surface area contributed by atoms with Crippen molar-refractivity contribution in [1.82, 2.24) is 9.88 Å². The van der Waals surface area contributed by atoms with Gasteiger partial charge in [-0.2, -0.15) is 0 Å². The highest BCUT2D eigenvalue weighted by molar-refractivity contribution is 5.98. The van der Waals surface area contributed by atoms with Gasteiger partial charge >= 0.3 is 0 Å². The van der Waals surface area contributed by atoms with E-state index in [2.05, 4.69) is 4.98 Å². The molecule has 0 aliphatic carbocycles. The van der Waals surface area contributed by atoms with Crippen molar-refractivity contribution in [1.29, 1.82) is 0 Å². The number of aromatic nitrogens is 1. The van der Waals surface area contributed by atoms with Crippen molar-refractivity contribution in [3.05, 3.63) is 89.6 Å². The summed E-state index contributed by atoms with van der Waals surface area (Å²) < 4.78 is 24.8. The zero-order chi connectivity index (χ0) is 19.5. The molecular weight excluding hydrogens is 359 g/mol. The molecule has 0 saturated carbocycles. The van der Waals surface area contributed by atoms with Crippen LogP contribution in [0.4, 0.5) is 4.39 Å². The van der Waals surface area contributed by atoms with E-state index in [0.717, 1.165) is 5.69 Å².